The van der Waals surface area contributed by atoms with Crippen LogP contribution in [-0.4, -0.2) is 35.5 Å². The number of phenols is 1. The van der Waals surface area contributed by atoms with Crippen LogP contribution in [0.15, 0.2) is 24.3 Å². The second kappa shape index (κ2) is 8.92. The van der Waals surface area contributed by atoms with Crippen LogP contribution in [0, 0.1) is 20.8 Å². The molecule has 6 heteroatoms. The molecule has 0 fully saturated rings. The predicted octanol–water partition coefficient (Wildman–Crippen LogP) is 4.98. The highest BCUT2D eigenvalue weighted by Gasteiger charge is 2.34. The molecule has 1 aliphatic rings. The van der Waals surface area contributed by atoms with E-state index in [2.05, 4.69) is 6.92 Å². The van der Waals surface area contributed by atoms with Crippen molar-refractivity contribution in [3.63, 3.8) is 0 Å². The molecule has 31 heavy (non-hydrogen) atoms. The molecule has 0 saturated carbocycles. The number of methoxy groups -OCH3 is 1. The van der Waals surface area contributed by atoms with Crippen LogP contribution in [0.5, 0.6) is 23.0 Å². The van der Waals surface area contributed by atoms with E-state index in [0.717, 1.165) is 46.9 Å². The number of rotatable bonds is 7. The van der Waals surface area contributed by atoms with Crippen LogP contribution in [0.3, 0.4) is 0 Å². The fourth-order valence-corrected chi connectivity index (χ4v) is 3.91. The van der Waals surface area contributed by atoms with Gasteiger partial charge >= 0.3 is 5.97 Å². The van der Waals surface area contributed by atoms with Gasteiger partial charge in [-0.3, -0.25) is 0 Å². The number of fused-ring (bicyclic) bond motifs is 1. The number of carboxylic acids is 1. The molecule has 1 unspecified atom stereocenters. The zero-order valence-electron chi connectivity index (χ0n) is 18.7. The number of hydrogen-bond donors (Lipinski definition) is 2. The summed E-state index contributed by atoms with van der Waals surface area (Å²) in [5.74, 6) is 1.40. The first-order chi connectivity index (χ1) is 14.6. The normalized spacial score (nSPS) is 17.8. The standard InChI is InChI=1S/C25H30O6/c1-15-16(2)24-20(17(3)23(15)28)10-11-25(4,31-24)12-13-30-21-14-19(29-5)8-6-18(21)7-9-22(26)27/h6-9,14,28H,10-13H2,1-5H3,(H,26,27)/b9-7+. The van der Waals surface area contributed by atoms with Crippen molar-refractivity contribution in [3.8, 4) is 23.0 Å². The molecule has 0 spiro atoms. The van der Waals surface area contributed by atoms with E-state index in [-0.39, 0.29) is 0 Å². The first-order valence-corrected chi connectivity index (χ1v) is 10.4. The second-order valence-electron chi connectivity index (χ2n) is 8.26. The first kappa shape index (κ1) is 22.5. The molecule has 0 saturated heterocycles. The minimum absolute atomic E-state index is 0.353. The predicted molar refractivity (Wildman–Crippen MR) is 119 cm³/mol. The lowest BCUT2D eigenvalue weighted by Crippen LogP contribution is -2.38. The molecule has 166 valence electrons. The van der Waals surface area contributed by atoms with Crippen LogP contribution in [0.25, 0.3) is 6.08 Å². The smallest absolute Gasteiger partial charge is 0.328 e. The summed E-state index contributed by atoms with van der Waals surface area (Å²) in [6.45, 7) is 8.30. The van der Waals surface area contributed by atoms with Crippen molar-refractivity contribution in [2.24, 2.45) is 0 Å². The Morgan fingerprint density at radius 1 is 1.23 bits per heavy atom. The maximum atomic E-state index is 10.9. The van der Waals surface area contributed by atoms with Crippen molar-refractivity contribution in [2.45, 2.75) is 52.6 Å². The van der Waals surface area contributed by atoms with Crippen LogP contribution >= 0.6 is 0 Å². The number of carbonyl (C=O) groups is 1. The van der Waals surface area contributed by atoms with E-state index < -0.39 is 11.6 Å². The van der Waals surface area contributed by atoms with Crippen molar-refractivity contribution in [1.29, 1.82) is 0 Å². The van der Waals surface area contributed by atoms with Gasteiger partial charge in [-0.15, -0.1) is 0 Å². The number of phenolic OH excluding ortho intramolecular Hbond substituents is 1. The molecule has 1 aliphatic heterocycles. The number of aliphatic carboxylic acids is 1. The van der Waals surface area contributed by atoms with Crippen LogP contribution in [0.4, 0.5) is 0 Å². The lowest BCUT2D eigenvalue weighted by molar-refractivity contribution is -0.131. The molecule has 3 rings (SSSR count). The minimum Gasteiger partial charge on any atom is -0.507 e. The van der Waals surface area contributed by atoms with Crippen LogP contribution < -0.4 is 14.2 Å². The molecule has 0 aromatic heterocycles. The largest absolute Gasteiger partial charge is 0.507 e. The fraction of sp³-hybridized carbons (Fsp3) is 0.400. The zero-order valence-corrected chi connectivity index (χ0v) is 18.7. The first-order valence-electron chi connectivity index (χ1n) is 10.4. The third kappa shape index (κ3) is 4.79. The Kier molecular flexibility index (Phi) is 6.48. The van der Waals surface area contributed by atoms with Gasteiger partial charge in [0.05, 0.1) is 13.7 Å². The van der Waals surface area contributed by atoms with Gasteiger partial charge in [-0.05, 0) is 75.4 Å². The second-order valence-corrected chi connectivity index (χ2v) is 8.26. The summed E-state index contributed by atoms with van der Waals surface area (Å²) >= 11 is 0. The monoisotopic (exact) mass is 426 g/mol. The Bertz CT molecular complexity index is 1020. The molecule has 0 bridgehead atoms. The molecule has 2 aromatic rings. The van der Waals surface area contributed by atoms with Crippen molar-refractivity contribution >= 4 is 12.0 Å². The van der Waals surface area contributed by atoms with Gasteiger partial charge in [0.1, 0.15) is 28.6 Å². The summed E-state index contributed by atoms with van der Waals surface area (Å²) in [5, 5.41) is 19.3. The van der Waals surface area contributed by atoms with E-state index in [0.29, 0.717) is 35.8 Å². The summed E-state index contributed by atoms with van der Waals surface area (Å²) in [7, 11) is 1.57. The maximum Gasteiger partial charge on any atom is 0.328 e. The average molecular weight is 427 g/mol. The van der Waals surface area contributed by atoms with E-state index >= 15 is 0 Å². The molecule has 2 aromatic carbocycles. The van der Waals surface area contributed by atoms with E-state index in [9.17, 15) is 9.90 Å². The summed E-state index contributed by atoms with van der Waals surface area (Å²) in [4.78, 5) is 10.9. The van der Waals surface area contributed by atoms with Gasteiger partial charge < -0.3 is 24.4 Å². The fourth-order valence-electron chi connectivity index (χ4n) is 3.91. The van der Waals surface area contributed by atoms with Gasteiger partial charge in [0.25, 0.3) is 0 Å². The average Bonchev–Trinajstić information content (AvgIpc) is 2.75. The van der Waals surface area contributed by atoms with Crippen molar-refractivity contribution in [1.82, 2.24) is 0 Å². The Morgan fingerprint density at radius 2 is 1.97 bits per heavy atom. The maximum absolute atomic E-state index is 10.9. The highest BCUT2D eigenvalue weighted by atomic mass is 16.5. The number of carboxylic acid groups (broad SMARTS) is 1. The minimum atomic E-state index is -1.02. The highest BCUT2D eigenvalue weighted by Crippen LogP contribution is 2.44. The molecule has 1 heterocycles. The van der Waals surface area contributed by atoms with Crippen molar-refractivity contribution in [3.05, 3.63) is 52.1 Å². The molecule has 0 radical (unpaired) electrons. The lowest BCUT2D eigenvalue weighted by atomic mass is 9.86. The van der Waals surface area contributed by atoms with E-state index in [4.69, 9.17) is 19.3 Å². The molecule has 6 nitrogen and oxygen atoms in total. The van der Waals surface area contributed by atoms with Gasteiger partial charge in [0.2, 0.25) is 0 Å². The van der Waals surface area contributed by atoms with Gasteiger partial charge in [-0.1, -0.05) is 0 Å². The molecular weight excluding hydrogens is 396 g/mol. The summed E-state index contributed by atoms with van der Waals surface area (Å²) in [6, 6.07) is 5.28. The quantitative estimate of drug-likeness (QED) is 0.608. The van der Waals surface area contributed by atoms with Gasteiger partial charge in [0.15, 0.2) is 0 Å². The van der Waals surface area contributed by atoms with Crippen molar-refractivity contribution in [2.75, 3.05) is 13.7 Å². The third-order valence-electron chi connectivity index (χ3n) is 6.11. The van der Waals surface area contributed by atoms with E-state index in [1.54, 1.807) is 25.3 Å². The van der Waals surface area contributed by atoms with Gasteiger partial charge in [0, 0.05) is 29.7 Å². The highest BCUT2D eigenvalue weighted by molar-refractivity contribution is 5.86. The van der Waals surface area contributed by atoms with Gasteiger partial charge in [-0.2, -0.15) is 0 Å². The third-order valence-corrected chi connectivity index (χ3v) is 6.11. The van der Waals surface area contributed by atoms with Gasteiger partial charge in [-0.25, -0.2) is 4.79 Å². The van der Waals surface area contributed by atoms with E-state index in [1.807, 2.05) is 20.8 Å². The molecular formula is C25H30O6. The Labute approximate surface area is 183 Å². The van der Waals surface area contributed by atoms with Crippen molar-refractivity contribution < 1.29 is 29.2 Å². The van der Waals surface area contributed by atoms with E-state index in [1.165, 1.54) is 6.08 Å². The topological polar surface area (TPSA) is 85.2 Å². The Balaban J connectivity index is 1.75. The summed E-state index contributed by atoms with van der Waals surface area (Å²) in [6.07, 6.45) is 4.89. The lowest BCUT2D eigenvalue weighted by Gasteiger charge is -2.38. The number of aromatic hydroxyl groups is 1. The SMILES string of the molecule is COc1ccc(/C=C/C(=O)O)c(OCCC2(C)CCc3c(C)c(O)c(C)c(C)c3O2)c1. The summed E-state index contributed by atoms with van der Waals surface area (Å²) < 4.78 is 17.7. The summed E-state index contributed by atoms with van der Waals surface area (Å²) in [5.41, 5.74) is 4.06. The molecule has 0 aliphatic carbocycles. The van der Waals surface area contributed by atoms with Crippen LogP contribution in [0.1, 0.15) is 47.6 Å². The number of ether oxygens (including phenoxy) is 3. The van der Waals surface area contributed by atoms with Crippen LogP contribution in [-0.2, 0) is 11.2 Å². The Hall–Kier alpha value is -3.15. The number of benzene rings is 2. The molecule has 2 N–H and O–H groups in total. The number of hydrogen-bond acceptors (Lipinski definition) is 5. The van der Waals surface area contributed by atoms with Crippen LogP contribution in [0.2, 0.25) is 0 Å². The Morgan fingerprint density at radius 3 is 2.65 bits per heavy atom. The zero-order chi connectivity index (χ0) is 22.8. The molecule has 0 amide bonds. The molecule has 1 atom stereocenters.